The molecule has 0 saturated heterocycles. The van der Waals surface area contributed by atoms with Gasteiger partial charge in [0.2, 0.25) is 0 Å². The summed E-state index contributed by atoms with van der Waals surface area (Å²) >= 11 is 0. The standard InChI is InChI=1S/C51H98O6/c1-4-7-10-13-16-18-20-22-24-25-26-27-29-30-32-35-38-41-44-50(53)56-47-48(46-55-49(52)43-40-37-34-15-12-9-6-3)57-51(54)45-42-39-36-33-31-28-23-21-19-17-14-11-8-5-2/h48H,4-47H2,1-3H3/t48-/m0/s1. The third kappa shape index (κ3) is 45.3. The Kier molecular flexibility index (Phi) is 45.8. The second-order valence-electron chi connectivity index (χ2n) is 17.5. The molecule has 0 aromatic rings. The second-order valence-corrected chi connectivity index (χ2v) is 17.5. The molecule has 0 N–H and O–H groups in total. The van der Waals surface area contributed by atoms with Gasteiger partial charge in [0.25, 0.3) is 0 Å². The molecule has 0 aliphatic carbocycles. The highest BCUT2D eigenvalue weighted by Gasteiger charge is 2.19. The zero-order valence-electron chi connectivity index (χ0n) is 38.6. The third-order valence-electron chi connectivity index (χ3n) is 11.6. The van der Waals surface area contributed by atoms with Crippen molar-refractivity contribution in [2.45, 2.75) is 297 Å². The van der Waals surface area contributed by atoms with Gasteiger partial charge in [-0.05, 0) is 19.3 Å². The van der Waals surface area contributed by atoms with Crippen LogP contribution in [0.25, 0.3) is 0 Å². The highest BCUT2D eigenvalue weighted by atomic mass is 16.6. The number of esters is 3. The Morgan fingerprint density at radius 1 is 0.281 bits per heavy atom. The molecule has 1 atom stereocenters. The number of hydrogen-bond acceptors (Lipinski definition) is 6. The van der Waals surface area contributed by atoms with Gasteiger partial charge in [0.15, 0.2) is 6.10 Å². The van der Waals surface area contributed by atoms with E-state index < -0.39 is 6.10 Å². The van der Waals surface area contributed by atoms with Crippen molar-refractivity contribution >= 4 is 17.9 Å². The van der Waals surface area contributed by atoms with E-state index in [2.05, 4.69) is 20.8 Å². The number of carbonyl (C=O) groups is 3. The SMILES string of the molecule is CCCCCCCCCCCCCCCCCCCCC(=O)OC[C@H](COC(=O)CCCCCCCCC)OC(=O)CCCCCCCCCCCCCCCC. The Morgan fingerprint density at radius 2 is 0.474 bits per heavy atom. The Hall–Kier alpha value is -1.59. The van der Waals surface area contributed by atoms with Gasteiger partial charge in [0.1, 0.15) is 13.2 Å². The summed E-state index contributed by atoms with van der Waals surface area (Å²) in [5.74, 6) is -0.850. The van der Waals surface area contributed by atoms with Crippen LogP contribution < -0.4 is 0 Å². The number of carbonyl (C=O) groups excluding carboxylic acids is 3. The first kappa shape index (κ1) is 55.4. The van der Waals surface area contributed by atoms with E-state index in [-0.39, 0.29) is 31.1 Å². The molecular formula is C51H98O6. The first-order chi connectivity index (χ1) is 28.0. The number of unbranched alkanes of at least 4 members (excludes halogenated alkanes) is 36. The van der Waals surface area contributed by atoms with Crippen molar-refractivity contribution in [3.05, 3.63) is 0 Å². The van der Waals surface area contributed by atoms with Gasteiger partial charge in [-0.15, -0.1) is 0 Å². The summed E-state index contributed by atoms with van der Waals surface area (Å²) in [5.41, 5.74) is 0. The average Bonchev–Trinajstić information content (AvgIpc) is 3.21. The molecule has 0 aliphatic rings. The van der Waals surface area contributed by atoms with E-state index in [1.54, 1.807) is 0 Å². The van der Waals surface area contributed by atoms with E-state index in [0.29, 0.717) is 19.3 Å². The van der Waals surface area contributed by atoms with Crippen LogP contribution in [0.3, 0.4) is 0 Å². The lowest BCUT2D eigenvalue weighted by Gasteiger charge is -2.18. The Balaban J connectivity index is 4.18. The predicted octanol–water partition coefficient (Wildman–Crippen LogP) is 16.4. The number of ether oxygens (including phenoxy) is 3. The summed E-state index contributed by atoms with van der Waals surface area (Å²) in [7, 11) is 0. The monoisotopic (exact) mass is 807 g/mol. The fourth-order valence-electron chi connectivity index (χ4n) is 7.74. The van der Waals surface area contributed by atoms with Crippen LogP contribution in [0.5, 0.6) is 0 Å². The van der Waals surface area contributed by atoms with Gasteiger partial charge in [0.05, 0.1) is 0 Å². The number of hydrogen-bond donors (Lipinski definition) is 0. The summed E-state index contributed by atoms with van der Waals surface area (Å²) in [6.07, 6.45) is 49.6. The van der Waals surface area contributed by atoms with E-state index in [4.69, 9.17) is 14.2 Å². The van der Waals surface area contributed by atoms with E-state index in [9.17, 15) is 14.4 Å². The molecule has 0 aliphatic heterocycles. The molecule has 0 fully saturated rings. The van der Waals surface area contributed by atoms with Crippen molar-refractivity contribution in [3.8, 4) is 0 Å². The molecule has 0 aromatic heterocycles. The molecule has 0 saturated carbocycles. The van der Waals surface area contributed by atoms with Gasteiger partial charge < -0.3 is 14.2 Å². The second kappa shape index (κ2) is 47.1. The van der Waals surface area contributed by atoms with Crippen molar-refractivity contribution in [1.29, 1.82) is 0 Å². The fourth-order valence-corrected chi connectivity index (χ4v) is 7.74. The molecule has 0 spiro atoms. The van der Waals surface area contributed by atoms with Crippen LogP contribution >= 0.6 is 0 Å². The van der Waals surface area contributed by atoms with E-state index in [1.807, 2.05) is 0 Å². The van der Waals surface area contributed by atoms with E-state index in [1.165, 1.54) is 193 Å². The quantitative estimate of drug-likeness (QED) is 0.0346. The zero-order chi connectivity index (χ0) is 41.5. The Morgan fingerprint density at radius 3 is 0.702 bits per heavy atom. The van der Waals surface area contributed by atoms with Crippen LogP contribution in [-0.4, -0.2) is 37.2 Å². The first-order valence-electron chi connectivity index (χ1n) is 25.5. The molecule has 57 heavy (non-hydrogen) atoms. The van der Waals surface area contributed by atoms with Crippen molar-refractivity contribution in [2.24, 2.45) is 0 Å². The van der Waals surface area contributed by atoms with Crippen molar-refractivity contribution in [2.75, 3.05) is 13.2 Å². The number of rotatable bonds is 47. The molecule has 0 unspecified atom stereocenters. The molecule has 6 heteroatoms. The van der Waals surface area contributed by atoms with Gasteiger partial charge in [-0.25, -0.2) is 0 Å². The summed E-state index contributed by atoms with van der Waals surface area (Å²) in [6, 6.07) is 0. The lowest BCUT2D eigenvalue weighted by molar-refractivity contribution is -0.167. The minimum absolute atomic E-state index is 0.0624. The fraction of sp³-hybridized carbons (Fsp3) is 0.941. The molecule has 338 valence electrons. The maximum absolute atomic E-state index is 12.7. The molecule has 6 nitrogen and oxygen atoms in total. The smallest absolute Gasteiger partial charge is 0.306 e. The molecule has 0 aromatic carbocycles. The molecule has 0 amide bonds. The molecular weight excluding hydrogens is 709 g/mol. The van der Waals surface area contributed by atoms with Gasteiger partial charge >= 0.3 is 17.9 Å². The van der Waals surface area contributed by atoms with Crippen LogP contribution in [0.1, 0.15) is 290 Å². The maximum atomic E-state index is 12.7. The van der Waals surface area contributed by atoms with Gasteiger partial charge in [-0.2, -0.15) is 0 Å². The average molecular weight is 807 g/mol. The molecule has 0 rings (SSSR count). The highest BCUT2D eigenvalue weighted by molar-refractivity contribution is 5.71. The summed E-state index contributed by atoms with van der Waals surface area (Å²) < 4.78 is 16.7. The normalized spacial score (nSPS) is 11.8. The van der Waals surface area contributed by atoms with Crippen molar-refractivity contribution in [3.63, 3.8) is 0 Å². The van der Waals surface area contributed by atoms with Gasteiger partial charge in [-0.1, -0.05) is 252 Å². The van der Waals surface area contributed by atoms with Crippen LogP contribution in [0, 0.1) is 0 Å². The van der Waals surface area contributed by atoms with E-state index >= 15 is 0 Å². The summed E-state index contributed by atoms with van der Waals surface area (Å²) in [4.78, 5) is 37.7. The van der Waals surface area contributed by atoms with Crippen LogP contribution in [-0.2, 0) is 28.6 Å². The Labute approximate surface area is 355 Å². The largest absolute Gasteiger partial charge is 0.462 e. The zero-order valence-corrected chi connectivity index (χ0v) is 38.6. The minimum atomic E-state index is -0.758. The Bertz CT molecular complexity index is 844. The highest BCUT2D eigenvalue weighted by Crippen LogP contribution is 2.17. The molecule has 0 radical (unpaired) electrons. The molecule has 0 bridgehead atoms. The summed E-state index contributed by atoms with van der Waals surface area (Å²) in [6.45, 7) is 6.64. The third-order valence-corrected chi connectivity index (χ3v) is 11.6. The maximum Gasteiger partial charge on any atom is 0.306 e. The van der Waals surface area contributed by atoms with E-state index in [0.717, 1.165) is 57.8 Å². The topological polar surface area (TPSA) is 78.9 Å². The van der Waals surface area contributed by atoms with Crippen LogP contribution in [0.4, 0.5) is 0 Å². The van der Waals surface area contributed by atoms with Crippen molar-refractivity contribution < 1.29 is 28.6 Å². The summed E-state index contributed by atoms with van der Waals surface area (Å²) in [5, 5.41) is 0. The van der Waals surface area contributed by atoms with Crippen LogP contribution in [0.2, 0.25) is 0 Å². The molecule has 0 heterocycles. The van der Waals surface area contributed by atoms with Crippen molar-refractivity contribution in [1.82, 2.24) is 0 Å². The lowest BCUT2D eigenvalue weighted by Crippen LogP contribution is -2.30. The lowest BCUT2D eigenvalue weighted by atomic mass is 10.0. The first-order valence-corrected chi connectivity index (χ1v) is 25.5. The minimum Gasteiger partial charge on any atom is -0.462 e. The van der Waals surface area contributed by atoms with Gasteiger partial charge in [0, 0.05) is 19.3 Å². The predicted molar refractivity (Wildman–Crippen MR) is 243 cm³/mol. The van der Waals surface area contributed by atoms with Crippen LogP contribution in [0.15, 0.2) is 0 Å². The van der Waals surface area contributed by atoms with Gasteiger partial charge in [-0.3, -0.25) is 14.4 Å².